The number of nitrogens with zero attached hydrogens (tertiary/aromatic N) is 2. The van der Waals surface area contributed by atoms with Crippen molar-refractivity contribution in [2.24, 2.45) is 0 Å². The van der Waals surface area contributed by atoms with Gasteiger partial charge in [0.2, 0.25) is 5.91 Å². The van der Waals surface area contributed by atoms with Crippen LogP contribution in [0.2, 0.25) is 0 Å². The smallest absolute Gasteiger partial charge is 0.411 e. The predicted molar refractivity (Wildman–Crippen MR) is 162 cm³/mol. The first-order chi connectivity index (χ1) is 18.3. The van der Waals surface area contributed by atoms with Gasteiger partial charge in [-0.05, 0) is 47.7 Å². The van der Waals surface area contributed by atoms with E-state index in [1.165, 1.54) is 6.20 Å². The molecule has 1 aliphatic heterocycles. The predicted octanol–water partition coefficient (Wildman–Crippen LogP) is 4.98. The van der Waals surface area contributed by atoms with Gasteiger partial charge in [-0.1, -0.05) is 42.5 Å². The molecule has 0 radical (unpaired) electrons. The first-order valence-corrected chi connectivity index (χ1v) is 13.1. The number of likely N-dealkylation sites (tertiary alicyclic amines) is 1. The summed E-state index contributed by atoms with van der Waals surface area (Å²) in [4.78, 5) is 29.2. The molecule has 39 heavy (non-hydrogen) atoms. The average Bonchev–Trinajstić information content (AvgIpc) is 2.91. The Kier molecular flexibility index (Phi) is 11.3. The van der Waals surface area contributed by atoms with Crippen molar-refractivity contribution < 1.29 is 23.9 Å². The maximum absolute atomic E-state index is 12.7. The van der Waals surface area contributed by atoms with E-state index in [1.54, 1.807) is 12.1 Å². The fourth-order valence-electron chi connectivity index (χ4n) is 4.61. The van der Waals surface area contributed by atoms with Crippen LogP contribution in [0.1, 0.15) is 36.8 Å². The molecule has 0 unspecified atom stereocenters. The molecule has 4 rings (SSSR count). The number of rotatable bonds is 9. The highest BCUT2D eigenvalue weighted by Gasteiger charge is 2.28. The molecular formula is C30H37IN4O4. The molecule has 3 aromatic rings. The van der Waals surface area contributed by atoms with Gasteiger partial charge in [-0.3, -0.25) is 10.1 Å². The van der Waals surface area contributed by atoms with E-state index in [-0.39, 0.29) is 42.6 Å². The second-order valence-corrected chi connectivity index (χ2v) is 10.5. The lowest BCUT2D eigenvalue weighted by atomic mass is 9.98. The first-order valence-electron chi connectivity index (χ1n) is 13.1. The van der Waals surface area contributed by atoms with Gasteiger partial charge in [0.05, 0.1) is 32.9 Å². The Morgan fingerprint density at radius 3 is 2.38 bits per heavy atom. The number of aromatic nitrogens is 1. The van der Waals surface area contributed by atoms with Crippen LogP contribution in [0.25, 0.3) is 11.1 Å². The Hall–Kier alpha value is -3.02. The summed E-state index contributed by atoms with van der Waals surface area (Å²) in [6, 6.07) is 19.2. The van der Waals surface area contributed by atoms with Gasteiger partial charge in [-0.2, -0.15) is 0 Å². The number of piperidine rings is 1. The maximum atomic E-state index is 12.7. The van der Waals surface area contributed by atoms with Gasteiger partial charge in [0.25, 0.3) is 0 Å². The van der Waals surface area contributed by atoms with Crippen molar-refractivity contribution in [1.82, 2.24) is 4.98 Å². The molecule has 1 saturated heterocycles. The normalized spacial score (nSPS) is 14.6. The number of amides is 2. The summed E-state index contributed by atoms with van der Waals surface area (Å²) >= 11 is 0. The zero-order valence-electron chi connectivity index (χ0n) is 22.5. The summed E-state index contributed by atoms with van der Waals surface area (Å²) in [6.45, 7) is 1.65. The van der Waals surface area contributed by atoms with E-state index in [0.29, 0.717) is 36.3 Å². The van der Waals surface area contributed by atoms with Crippen molar-refractivity contribution in [2.45, 2.75) is 44.8 Å². The standard InChI is InChI=1S/C30H36N4O4.HI/c1-34(2)17-15-25(16-18-34)38-30(37)32-27-13-11-22(19-26(27)24-8-4-3-5-9-24)7-6-10-29(36)33-28-14-12-23(21-35)20-31-28;/h3-5,8-9,11-14,19-20,25H,6-7,10,15-18,21H2,1-2H3,(H,32,37)(H,31,33,36);1H. The van der Waals surface area contributed by atoms with Gasteiger partial charge in [0.1, 0.15) is 11.9 Å². The van der Waals surface area contributed by atoms with Crippen molar-refractivity contribution in [1.29, 1.82) is 0 Å². The van der Waals surface area contributed by atoms with Crippen LogP contribution in [0.3, 0.4) is 0 Å². The van der Waals surface area contributed by atoms with Crippen molar-refractivity contribution in [3.8, 4) is 11.1 Å². The molecule has 2 N–H and O–H groups in total. The van der Waals surface area contributed by atoms with Crippen molar-refractivity contribution >= 4 is 47.5 Å². The molecule has 1 aromatic heterocycles. The fourth-order valence-corrected chi connectivity index (χ4v) is 4.61. The molecule has 0 spiro atoms. The Morgan fingerprint density at radius 2 is 1.72 bits per heavy atom. The number of hydrogen-bond donors (Lipinski definition) is 2. The summed E-state index contributed by atoms with van der Waals surface area (Å²) in [6.07, 6.45) is 4.41. The van der Waals surface area contributed by atoms with E-state index in [2.05, 4.69) is 35.8 Å². The molecule has 2 amide bonds. The highest BCUT2D eigenvalue weighted by molar-refractivity contribution is 14.0. The second-order valence-electron chi connectivity index (χ2n) is 10.5. The molecule has 9 heteroatoms. The van der Waals surface area contributed by atoms with Crippen LogP contribution < -0.4 is 15.7 Å². The molecule has 1 aliphatic rings. The number of halogens is 1. The Labute approximate surface area is 247 Å². The lowest BCUT2D eigenvalue weighted by molar-refractivity contribution is -0.896. The van der Waals surface area contributed by atoms with Gasteiger partial charge in [0.15, 0.2) is 0 Å². The minimum atomic E-state index is -0.430. The third-order valence-electron chi connectivity index (χ3n) is 6.92. The molecule has 0 bridgehead atoms. The second kappa shape index (κ2) is 14.4. The van der Waals surface area contributed by atoms with Crippen LogP contribution in [-0.2, 0) is 22.6 Å². The quantitative estimate of drug-likeness (QED) is 0.253. The molecule has 8 nitrogen and oxygen atoms in total. The summed E-state index contributed by atoms with van der Waals surface area (Å²) in [7, 11) is 4.40. The number of ether oxygens (including phenoxy) is 1. The largest absolute Gasteiger partial charge is 0.851 e. The molecule has 0 aliphatic carbocycles. The highest BCUT2D eigenvalue weighted by atomic mass is 127. The summed E-state index contributed by atoms with van der Waals surface area (Å²) in [5.74, 6) is 0.318. The monoisotopic (exact) mass is 644 g/mol. The van der Waals surface area contributed by atoms with E-state index in [0.717, 1.165) is 47.1 Å². The lowest BCUT2D eigenvalue weighted by Crippen LogP contribution is -2.48. The lowest BCUT2D eigenvalue weighted by Gasteiger charge is -2.36. The third-order valence-corrected chi connectivity index (χ3v) is 6.92. The highest BCUT2D eigenvalue weighted by Crippen LogP contribution is 2.30. The van der Waals surface area contributed by atoms with Gasteiger partial charge < -0.3 is 19.6 Å². The number of quaternary nitrogens is 1. The summed E-state index contributed by atoms with van der Waals surface area (Å²) in [5.41, 5.74) is 4.25. The van der Waals surface area contributed by atoms with Gasteiger partial charge in [-0.15, -0.1) is 30.6 Å². The van der Waals surface area contributed by atoms with E-state index in [4.69, 9.17) is 4.74 Å². The summed E-state index contributed by atoms with van der Waals surface area (Å²) < 4.78 is 6.69. The topological polar surface area (TPSA) is 103 Å². The molecule has 0 saturated carbocycles. The minimum absolute atomic E-state index is 0. The van der Waals surface area contributed by atoms with Gasteiger partial charge >= 0.3 is 6.09 Å². The van der Waals surface area contributed by atoms with E-state index >= 15 is 0 Å². The van der Waals surface area contributed by atoms with Crippen LogP contribution >= 0.6 is 24.0 Å². The number of aryl methyl sites for hydroxylation is 1. The number of anilines is 2. The molecular weight excluding hydrogens is 607 g/mol. The fraction of sp³-hybridized carbons (Fsp3) is 0.367. The molecule has 2 heterocycles. The number of nitrogens with one attached hydrogen (secondary N) is 2. The SMILES string of the molecule is C[N+]1(C)CCC(OC(=O)Nc2ccc(CCCC(=O)Nc3ccc(C[O-])cn3)cc2-c2ccccc2)CC1.I. The summed E-state index contributed by atoms with van der Waals surface area (Å²) in [5, 5.41) is 16.6. The van der Waals surface area contributed by atoms with Crippen LogP contribution in [0.4, 0.5) is 16.3 Å². The van der Waals surface area contributed by atoms with E-state index < -0.39 is 6.09 Å². The maximum Gasteiger partial charge on any atom is 0.411 e. The van der Waals surface area contributed by atoms with Crippen molar-refractivity contribution in [3.05, 3.63) is 78.0 Å². The zero-order valence-corrected chi connectivity index (χ0v) is 24.9. The number of benzene rings is 2. The van der Waals surface area contributed by atoms with E-state index in [9.17, 15) is 14.7 Å². The molecule has 1 fully saturated rings. The number of carbonyl (C=O) groups is 2. The number of pyridine rings is 1. The first kappa shape index (κ1) is 30.5. The van der Waals surface area contributed by atoms with Crippen LogP contribution in [0.15, 0.2) is 66.9 Å². The number of carbonyl (C=O) groups excluding carboxylic acids is 2. The van der Waals surface area contributed by atoms with Crippen molar-refractivity contribution in [2.75, 3.05) is 37.8 Å². The zero-order chi connectivity index (χ0) is 27.0. The van der Waals surface area contributed by atoms with Crippen LogP contribution in [-0.4, -0.2) is 54.8 Å². The molecule has 208 valence electrons. The third kappa shape index (κ3) is 9.29. The molecule has 0 atom stereocenters. The van der Waals surface area contributed by atoms with Crippen molar-refractivity contribution in [3.63, 3.8) is 0 Å². The van der Waals surface area contributed by atoms with Crippen LogP contribution in [0.5, 0.6) is 0 Å². The van der Waals surface area contributed by atoms with Gasteiger partial charge in [0, 0.05) is 31.0 Å². The minimum Gasteiger partial charge on any atom is -0.851 e. The van der Waals surface area contributed by atoms with E-state index in [1.807, 2.05) is 42.5 Å². The molecule has 2 aromatic carbocycles. The Bertz CT molecular complexity index is 1230. The average molecular weight is 645 g/mol. The van der Waals surface area contributed by atoms with Crippen LogP contribution in [0, 0.1) is 0 Å². The number of hydrogen-bond acceptors (Lipinski definition) is 5. The Morgan fingerprint density at radius 1 is 1.00 bits per heavy atom. The Balaban J connectivity index is 0.00000420. The van der Waals surface area contributed by atoms with Gasteiger partial charge in [-0.25, -0.2) is 9.78 Å².